The highest BCUT2D eigenvalue weighted by molar-refractivity contribution is 5.70. The lowest BCUT2D eigenvalue weighted by molar-refractivity contribution is -0.385. The van der Waals surface area contributed by atoms with E-state index in [1.165, 1.54) is 47.0 Å². The fourth-order valence-electron chi connectivity index (χ4n) is 2.06. The monoisotopic (exact) mass is 282 g/mol. The lowest BCUT2D eigenvalue weighted by Gasteiger charge is -1.97. The summed E-state index contributed by atoms with van der Waals surface area (Å²) in [6.07, 6.45) is 1.24. The van der Waals surface area contributed by atoms with Crippen LogP contribution in [-0.2, 0) is 0 Å². The predicted octanol–water partition coefficient (Wildman–Crippen LogP) is 2.92. The van der Waals surface area contributed by atoms with Gasteiger partial charge in [-0.15, -0.1) is 0 Å². The first-order chi connectivity index (χ1) is 10.1. The molecule has 6 nitrogen and oxygen atoms in total. The van der Waals surface area contributed by atoms with Gasteiger partial charge in [0.05, 0.1) is 11.1 Å². The maximum absolute atomic E-state index is 13.0. The Kier molecular flexibility index (Phi) is 2.84. The maximum Gasteiger partial charge on any atom is 0.286 e. The Hall–Kier alpha value is -3.27. The second-order valence-corrected chi connectivity index (χ2v) is 4.30. The van der Waals surface area contributed by atoms with Gasteiger partial charge in [0, 0.05) is 11.6 Å². The van der Waals surface area contributed by atoms with Gasteiger partial charge < -0.3 is 0 Å². The van der Waals surface area contributed by atoms with E-state index in [1.807, 2.05) is 6.07 Å². The molecule has 102 valence electrons. The minimum atomic E-state index is -0.543. The Morgan fingerprint density at radius 2 is 1.95 bits per heavy atom. The van der Waals surface area contributed by atoms with Gasteiger partial charge in [0.15, 0.2) is 5.69 Å². The topological polar surface area (TPSA) is 84.2 Å². The van der Waals surface area contributed by atoms with Crippen LogP contribution in [0.2, 0.25) is 0 Å². The standard InChI is InChI=1S/C14H7FN4O2/c15-10-3-1-9(2-4-10)14-12(7-16)18-8-11(19(20)21)5-6-13(18)17-14/h1-6,8H. The summed E-state index contributed by atoms with van der Waals surface area (Å²) < 4.78 is 14.3. The van der Waals surface area contributed by atoms with Crippen molar-refractivity contribution in [3.05, 3.63) is 64.2 Å². The third kappa shape index (κ3) is 2.08. The van der Waals surface area contributed by atoms with Crippen molar-refractivity contribution in [3.8, 4) is 17.3 Å². The number of halogens is 1. The maximum atomic E-state index is 13.0. The van der Waals surface area contributed by atoms with Gasteiger partial charge >= 0.3 is 0 Å². The second kappa shape index (κ2) is 4.68. The molecule has 2 heterocycles. The molecule has 0 aliphatic rings. The van der Waals surface area contributed by atoms with Crippen molar-refractivity contribution in [1.29, 1.82) is 5.26 Å². The molecule has 0 atom stereocenters. The Morgan fingerprint density at radius 1 is 1.24 bits per heavy atom. The van der Waals surface area contributed by atoms with E-state index in [1.54, 1.807) is 0 Å². The number of imidazole rings is 1. The van der Waals surface area contributed by atoms with Gasteiger partial charge in [0.1, 0.15) is 23.2 Å². The number of nitro groups is 1. The first-order valence-electron chi connectivity index (χ1n) is 5.92. The lowest BCUT2D eigenvalue weighted by atomic mass is 10.1. The van der Waals surface area contributed by atoms with Crippen LogP contribution in [0.4, 0.5) is 10.1 Å². The van der Waals surface area contributed by atoms with Gasteiger partial charge in [0.2, 0.25) is 0 Å². The van der Waals surface area contributed by atoms with Crippen LogP contribution in [0.3, 0.4) is 0 Å². The smallest absolute Gasteiger partial charge is 0.284 e. The summed E-state index contributed by atoms with van der Waals surface area (Å²) in [6, 6.07) is 10.3. The van der Waals surface area contributed by atoms with Gasteiger partial charge in [-0.1, -0.05) is 0 Å². The highest BCUT2D eigenvalue weighted by atomic mass is 19.1. The molecule has 0 amide bonds. The number of hydrogen-bond acceptors (Lipinski definition) is 4. The number of rotatable bonds is 2. The molecular formula is C14H7FN4O2. The van der Waals surface area contributed by atoms with Crippen molar-refractivity contribution in [1.82, 2.24) is 9.38 Å². The van der Waals surface area contributed by atoms with Crippen LogP contribution < -0.4 is 0 Å². The Bertz CT molecular complexity index is 894. The van der Waals surface area contributed by atoms with E-state index in [-0.39, 0.29) is 11.4 Å². The van der Waals surface area contributed by atoms with Crippen molar-refractivity contribution >= 4 is 11.3 Å². The minimum absolute atomic E-state index is 0.137. The van der Waals surface area contributed by atoms with Gasteiger partial charge in [-0.3, -0.25) is 14.5 Å². The second-order valence-electron chi connectivity index (χ2n) is 4.30. The summed E-state index contributed by atoms with van der Waals surface area (Å²) in [5.41, 5.74) is 1.37. The molecule has 21 heavy (non-hydrogen) atoms. The SMILES string of the molecule is N#Cc1c(-c2ccc(F)cc2)nc2ccc([N+](=O)[O-])cn12. The average molecular weight is 282 g/mol. The van der Waals surface area contributed by atoms with E-state index in [2.05, 4.69) is 4.98 Å². The number of nitriles is 1. The first-order valence-corrected chi connectivity index (χ1v) is 5.92. The summed E-state index contributed by atoms with van der Waals surface area (Å²) in [4.78, 5) is 14.5. The average Bonchev–Trinajstić information content (AvgIpc) is 2.85. The van der Waals surface area contributed by atoms with E-state index >= 15 is 0 Å². The lowest BCUT2D eigenvalue weighted by Crippen LogP contribution is -1.94. The van der Waals surface area contributed by atoms with Crippen LogP contribution in [0.1, 0.15) is 5.69 Å². The van der Waals surface area contributed by atoms with E-state index in [4.69, 9.17) is 0 Å². The molecule has 7 heteroatoms. The van der Waals surface area contributed by atoms with Crippen LogP contribution in [0.5, 0.6) is 0 Å². The van der Waals surface area contributed by atoms with Crippen molar-refractivity contribution in [2.24, 2.45) is 0 Å². The largest absolute Gasteiger partial charge is 0.286 e. The number of aromatic nitrogens is 2. The van der Waals surface area contributed by atoms with Crippen LogP contribution in [0, 0.1) is 27.3 Å². The zero-order valence-corrected chi connectivity index (χ0v) is 10.5. The fraction of sp³-hybridized carbons (Fsp3) is 0. The number of fused-ring (bicyclic) bond motifs is 1. The molecule has 0 aliphatic heterocycles. The van der Waals surface area contributed by atoms with E-state index < -0.39 is 10.7 Å². The summed E-state index contributed by atoms with van der Waals surface area (Å²) in [5, 5.41) is 20.1. The van der Waals surface area contributed by atoms with Gasteiger partial charge in [-0.2, -0.15) is 5.26 Å². The van der Waals surface area contributed by atoms with Gasteiger partial charge in [0.25, 0.3) is 5.69 Å². The van der Waals surface area contributed by atoms with Crippen LogP contribution in [0.25, 0.3) is 16.9 Å². The molecule has 3 aromatic rings. The molecule has 1 aromatic carbocycles. The van der Waals surface area contributed by atoms with E-state index in [0.29, 0.717) is 16.9 Å². The van der Waals surface area contributed by atoms with Crippen molar-refractivity contribution in [2.45, 2.75) is 0 Å². The minimum Gasteiger partial charge on any atom is -0.284 e. The number of nitrogens with zero attached hydrogens (tertiary/aromatic N) is 4. The van der Waals surface area contributed by atoms with Crippen molar-refractivity contribution in [3.63, 3.8) is 0 Å². The summed E-state index contributed by atoms with van der Waals surface area (Å²) in [6.45, 7) is 0. The van der Waals surface area contributed by atoms with E-state index in [9.17, 15) is 19.8 Å². The highest BCUT2D eigenvalue weighted by Crippen LogP contribution is 2.25. The molecule has 0 unspecified atom stereocenters. The molecule has 0 radical (unpaired) electrons. The molecule has 0 aliphatic carbocycles. The van der Waals surface area contributed by atoms with Crippen molar-refractivity contribution in [2.75, 3.05) is 0 Å². The van der Waals surface area contributed by atoms with E-state index in [0.717, 1.165) is 0 Å². The molecular weight excluding hydrogens is 275 g/mol. The predicted molar refractivity (Wildman–Crippen MR) is 72.0 cm³/mol. The third-order valence-electron chi connectivity index (χ3n) is 3.04. The highest BCUT2D eigenvalue weighted by Gasteiger charge is 2.16. The number of pyridine rings is 1. The summed E-state index contributed by atoms with van der Waals surface area (Å²) in [7, 11) is 0. The molecule has 0 N–H and O–H groups in total. The molecule has 0 saturated heterocycles. The van der Waals surface area contributed by atoms with Crippen LogP contribution >= 0.6 is 0 Å². The van der Waals surface area contributed by atoms with Gasteiger partial charge in [-0.05, 0) is 30.3 Å². The van der Waals surface area contributed by atoms with Crippen LogP contribution in [-0.4, -0.2) is 14.3 Å². The summed E-state index contributed by atoms with van der Waals surface area (Å²) in [5.74, 6) is -0.392. The quantitative estimate of drug-likeness (QED) is 0.534. The number of benzene rings is 1. The third-order valence-corrected chi connectivity index (χ3v) is 3.04. The molecule has 0 spiro atoms. The van der Waals surface area contributed by atoms with Gasteiger partial charge in [-0.25, -0.2) is 9.37 Å². The fourth-order valence-corrected chi connectivity index (χ4v) is 2.06. The van der Waals surface area contributed by atoms with Crippen molar-refractivity contribution < 1.29 is 9.31 Å². The molecule has 3 rings (SSSR count). The zero-order valence-electron chi connectivity index (χ0n) is 10.5. The number of hydrogen-bond donors (Lipinski definition) is 0. The molecule has 0 bridgehead atoms. The van der Waals surface area contributed by atoms with Crippen LogP contribution in [0.15, 0.2) is 42.6 Å². The normalized spacial score (nSPS) is 10.5. The first kappa shape index (κ1) is 12.7. The molecule has 0 saturated carbocycles. The Labute approximate surface area is 117 Å². The molecule has 2 aromatic heterocycles. The Morgan fingerprint density at radius 3 is 2.57 bits per heavy atom. The Balaban J connectivity index is 2.27. The summed E-state index contributed by atoms with van der Waals surface area (Å²) >= 11 is 0. The zero-order chi connectivity index (χ0) is 15.0. The molecule has 0 fully saturated rings.